The Bertz CT molecular complexity index is 331. The van der Waals surface area contributed by atoms with E-state index in [0.717, 1.165) is 11.8 Å². The summed E-state index contributed by atoms with van der Waals surface area (Å²) < 4.78 is 4.82. The van der Waals surface area contributed by atoms with E-state index < -0.39 is 0 Å². The maximum Gasteiger partial charge on any atom is 0.330 e. The van der Waals surface area contributed by atoms with E-state index in [1.165, 1.54) is 5.56 Å². The van der Waals surface area contributed by atoms with Gasteiger partial charge in [0.2, 0.25) is 0 Å². The van der Waals surface area contributed by atoms with Gasteiger partial charge in [0.1, 0.15) is 6.61 Å². The van der Waals surface area contributed by atoms with Crippen LogP contribution in [0.2, 0.25) is 0 Å². The molecule has 1 rings (SSSR count). The van der Waals surface area contributed by atoms with Crippen LogP contribution in [0.3, 0.4) is 0 Å². The first-order chi connectivity index (χ1) is 8.22. The number of anilines is 1. The topological polar surface area (TPSA) is 38.3 Å². The van der Waals surface area contributed by atoms with Gasteiger partial charge in [-0.15, -0.1) is 0 Å². The maximum absolute atomic E-state index is 10.7. The molecule has 3 nitrogen and oxygen atoms in total. The van der Waals surface area contributed by atoms with E-state index in [1.54, 1.807) is 0 Å². The smallest absolute Gasteiger partial charge is 0.330 e. The Morgan fingerprint density at radius 1 is 1.35 bits per heavy atom. The van der Waals surface area contributed by atoms with Crippen LogP contribution in [0.5, 0.6) is 0 Å². The van der Waals surface area contributed by atoms with Crippen LogP contribution in [-0.2, 0) is 9.53 Å². The molecule has 1 N–H and O–H groups in total. The molecule has 0 aliphatic heterocycles. The van der Waals surface area contributed by atoms with E-state index in [4.69, 9.17) is 4.74 Å². The minimum Gasteiger partial charge on any atom is -0.461 e. The summed E-state index contributed by atoms with van der Waals surface area (Å²) in [7, 11) is 0. The van der Waals surface area contributed by atoms with E-state index in [9.17, 15) is 4.79 Å². The van der Waals surface area contributed by atoms with E-state index in [2.05, 4.69) is 11.9 Å². The molecule has 0 unspecified atom stereocenters. The Morgan fingerprint density at radius 3 is 2.47 bits per heavy atom. The van der Waals surface area contributed by atoms with Gasteiger partial charge in [0, 0.05) is 18.3 Å². The van der Waals surface area contributed by atoms with Crippen molar-refractivity contribution in [2.24, 2.45) is 0 Å². The van der Waals surface area contributed by atoms with E-state index in [1.807, 2.05) is 45.0 Å². The van der Waals surface area contributed by atoms with Crippen molar-refractivity contribution in [2.75, 3.05) is 18.5 Å². The summed E-state index contributed by atoms with van der Waals surface area (Å²) in [4.78, 5) is 10.7. The van der Waals surface area contributed by atoms with Gasteiger partial charge in [-0.05, 0) is 19.1 Å². The summed E-state index contributed by atoms with van der Waals surface area (Å²) in [5, 5.41) is 3.14. The standard InChI is InChI=1S/C12H15NO2.C2H6/c1-3-12(14)15-9-8-13-11-6-4-10(2)5-7-11;1-2/h3-7,13H,1,8-9H2,2H3;1-2H3. The van der Waals surface area contributed by atoms with Crippen molar-refractivity contribution in [3.05, 3.63) is 42.5 Å². The first-order valence-corrected chi connectivity index (χ1v) is 5.82. The second kappa shape index (κ2) is 9.46. The van der Waals surface area contributed by atoms with E-state index >= 15 is 0 Å². The largest absolute Gasteiger partial charge is 0.461 e. The van der Waals surface area contributed by atoms with Gasteiger partial charge in [-0.3, -0.25) is 0 Å². The van der Waals surface area contributed by atoms with Crippen LogP contribution < -0.4 is 5.32 Å². The molecule has 0 heterocycles. The fourth-order valence-corrected chi connectivity index (χ4v) is 1.08. The van der Waals surface area contributed by atoms with Crippen LogP contribution in [-0.4, -0.2) is 19.1 Å². The van der Waals surface area contributed by atoms with Gasteiger partial charge in [0.05, 0.1) is 0 Å². The number of rotatable bonds is 5. The maximum atomic E-state index is 10.7. The van der Waals surface area contributed by atoms with Crippen LogP contribution in [0.25, 0.3) is 0 Å². The average molecular weight is 235 g/mol. The minimum absolute atomic E-state index is 0.346. The Morgan fingerprint density at radius 2 is 1.94 bits per heavy atom. The zero-order valence-corrected chi connectivity index (χ0v) is 10.8. The van der Waals surface area contributed by atoms with Gasteiger partial charge in [-0.1, -0.05) is 38.1 Å². The lowest BCUT2D eigenvalue weighted by atomic mass is 10.2. The van der Waals surface area contributed by atoms with Crippen molar-refractivity contribution in [1.82, 2.24) is 0 Å². The summed E-state index contributed by atoms with van der Waals surface area (Å²) in [6.45, 7) is 10.3. The highest BCUT2D eigenvalue weighted by Crippen LogP contribution is 2.07. The molecular formula is C14H21NO2. The summed E-state index contributed by atoms with van der Waals surface area (Å²) in [5.41, 5.74) is 2.24. The second-order valence-corrected chi connectivity index (χ2v) is 3.16. The molecule has 1 aromatic carbocycles. The fourth-order valence-electron chi connectivity index (χ4n) is 1.08. The summed E-state index contributed by atoms with van der Waals surface area (Å²) in [6, 6.07) is 8.03. The molecule has 3 heteroatoms. The quantitative estimate of drug-likeness (QED) is 0.484. The highest BCUT2D eigenvalue weighted by molar-refractivity contribution is 5.81. The molecule has 0 atom stereocenters. The molecule has 0 amide bonds. The van der Waals surface area contributed by atoms with Gasteiger partial charge in [-0.25, -0.2) is 4.79 Å². The number of nitrogens with one attached hydrogen (secondary N) is 1. The molecule has 0 aliphatic rings. The number of ether oxygens (including phenoxy) is 1. The Hall–Kier alpha value is -1.77. The van der Waals surface area contributed by atoms with Crippen molar-refractivity contribution in [1.29, 1.82) is 0 Å². The SMILES string of the molecule is C=CC(=O)OCCNc1ccc(C)cc1.CC. The third-order valence-corrected chi connectivity index (χ3v) is 1.89. The lowest BCUT2D eigenvalue weighted by Gasteiger charge is -2.06. The summed E-state index contributed by atoms with van der Waals surface area (Å²) in [6.07, 6.45) is 1.16. The molecular weight excluding hydrogens is 214 g/mol. The third-order valence-electron chi connectivity index (χ3n) is 1.89. The molecule has 0 bridgehead atoms. The van der Waals surface area contributed by atoms with Crippen molar-refractivity contribution in [3.8, 4) is 0 Å². The zero-order valence-electron chi connectivity index (χ0n) is 10.8. The number of aryl methyl sites for hydroxylation is 1. The normalized spacial score (nSPS) is 8.65. The first-order valence-electron chi connectivity index (χ1n) is 5.82. The Kier molecular flexibility index (Phi) is 8.47. The van der Waals surface area contributed by atoms with Crippen LogP contribution in [0.4, 0.5) is 5.69 Å². The van der Waals surface area contributed by atoms with Crippen LogP contribution in [0, 0.1) is 6.92 Å². The predicted molar refractivity (Wildman–Crippen MR) is 72.2 cm³/mol. The molecule has 1 aromatic rings. The number of benzene rings is 1. The molecule has 17 heavy (non-hydrogen) atoms. The fraction of sp³-hybridized carbons (Fsp3) is 0.357. The molecule has 0 saturated carbocycles. The van der Waals surface area contributed by atoms with Crippen molar-refractivity contribution in [2.45, 2.75) is 20.8 Å². The first kappa shape index (κ1) is 15.2. The third kappa shape index (κ3) is 7.17. The van der Waals surface area contributed by atoms with Gasteiger partial charge in [0.15, 0.2) is 0 Å². The summed E-state index contributed by atoms with van der Waals surface area (Å²) >= 11 is 0. The van der Waals surface area contributed by atoms with E-state index in [0.29, 0.717) is 13.2 Å². The van der Waals surface area contributed by atoms with E-state index in [-0.39, 0.29) is 5.97 Å². The summed E-state index contributed by atoms with van der Waals surface area (Å²) in [5.74, 6) is -0.388. The number of carbonyl (C=O) groups is 1. The highest BCUT2D eigenvalue weighted by atomic mass is 16.5. The van der Waals surface area contributed by atoms with Crippen molar-refractivity contribution in [3.63, 3.8) is 0 Å². The number of esters is 1. The minimum atomic E-state index is -0.388. The molecule has 0 spiro atoms. The Labute approximate surface area is 103 Å². The molecule has 0 aliphatic carbocycles. The Balaban J connectivity index is 0.00000121. The lowest BCUT2D eigenvalue weighted by Crippen LogP contribution is -2.12. The average Bonchev–Trinajstić information content (AvgIpc) is 2.39. The number of hydrogen-bond acceptors (Lipinski definition) is 3. The predicted octanol–water partition coefficient (Wildman–Crippen LogP) is 3.16. The van der Waals surface area contributed by atoms with Crippen LogP contribution >= 0.6 is 0 Å². The molecule has 94 valence electrons. The van der Waals surface area contributed by atoms with Crippen molar-refractivity contribution < 1.29 is 9.53 Å². The molecule has 0 saturated heterocycles. The van der Waals surface area contributed by atoms with Gasteiger partial charge >= 0.3 is 5.97 Å². The monoisotopic (exact) mass is 235 g/mol. The van der Waals surface area contributed by atoms with Gasteiger partial charge in [-0.2, -0.15) is 0 Å². The van der Waals surface area contributed by atoms with Gasteiger partial charge < -0.3 is 10.1 Å². The number of carbonyl (C=O) groups excluding carboxylic acids is 1. The van der Waals surface area contributed by atoms with Crippen LogP contribution in [0.1, 0.15) is 19.4 Å². The number of hydrogen-bond donors (Lipinski definition) is 1. The van der Waals surface area contributed by atoms with Gasteiger partial charge in [0.25, 0.3) is 0 Å². The molecule has 0 aromatic heterocycles. The highest BCUT2D eigenvalue weighted by Gasteiger charge is 1.94. The zero-order chi connectivity index (χ0) is 13.1. The molecule has 0 radical (unpaired) electrons. The van der Waals surface area contributed by atoms with Crippen molar-refractivity contribution >= 4 is 11.7 Å². The van der Waals surface area contributed by atoms with Crippen LogP contribution in [0.15, 0.2) is 36.9 Å². The molecule has 0 fully saturated rings. The second-order valence-electron chi connectivity index (χ2n) is 3.16. The lowest BCUT2D eigenvalue weighted by molar-refractivity contribution is -0.137.